The number of anilines is 1. The van der Waals surface area contributed by atoms with Crippen LogP contribution in [0.4, 0.5) is 19.0 Å². The maximum absolute atomic E-state index is 12.7. The predicted molar refractivity (Wildman–Crippen MR) is 71.6 cm³/mol. The summed E-state index contributed by atoms with van der Waals surface area (Å²) in [5.41, 5.74) is -1.02. The van der Waals surface area contributed by atoms with Crippen LogP contribution in [0.5, 0.6) is 0 Å². The van der Waals surface area contributed by atoms with Crippen molar-refractivity contribution in [2.45, 2.75) is 45.3 Å². The smallest absolute Gasteiger partial charge is 0.367 e. The number of hydrogen-bond donors (Lipinski definition) is 1. The van der Waals surface area contributed by atoms with Crippen LogP contribution >= 0.6 is 11.6 Å². The first-order chi connectivity index (χ1) is 9.31. The van der Waals surface area contributed by atoms with Crippen LogP contribution in [0, 0.1) is 11.8 Å². The molecule has 2 rings (SSSR count). The first kappa shape index (κ1) is 15.4. The van der Waals surface area contributed by atoms with Crippen molar-refractivity contribution in [1.82, 2.24) is 9.97 Å². The van der Waals surface area contributed by atoms with Gasteiger partial charge in [0.2, 0.25) is 5.28 Å². The van der Waals surface area contributed by atoms with Gasteiger partial charge < -0.3 is 5.32 Å². The van der Waals surface area contributed by atoms with E-state index in [-0.39, 0.29) is 17.1 Å². The van der Waals surface area contributed by atoms with E-state index in [0.29, 0.717) is 11.8 Å². The minimum absolute atomic E-state index is 0.131. The van der Waals surface area contributed by atoms with Crippen molar-refractivity contribution in [3.63, 3.8) is 0 Å². The molecule has 0 aromatic carbocycles. The Balaban J connectivity index is 2.16. The fraction of sp³-hybridized carbons (Fsp3) is 0.692. The summed E-state index contributed by atoms with van der Waals surface area (Å²) in [6.45, 7) is 4.25. The topological polar surface area (TPSA) is 37.8 Å². The summed E-state index contributed by atoms with van der Waals surface area (Å²) in [6.07, 6.45) is -1.42. The SMILES string of the molecule is CCC1CCC(Nc2cc(C(F)(F)F)nc(Cl)n2)C1C. The van der Waals surface area contributed by atoms with Gasteiger partial charge in [-0.3, -0.25) is 0 Å². The summed E-state index contributed by atoms with van der Waals surface area (Å²) < 4.78 is 38.0. The third kappa shape index (κ3) is 3.34. The van der Waals surface area contributed by atoms with Crippen molar-refractivity contribution >= 4 is 17.4 Å². The van der Waals surface area contributed by atoms with Crippen LogP contribution in [-0.4, -0.2) is 16.0 Å². The van der Waals surface area contributed by atoms with Crippen LogP contribution in [0.25, 0.3) is 0 Å². The molecule has 1 aliphatic rings. The minimum Gasteiger partial charge on any atom is -0.367 e. The first-order valence-corrected chi connectivity index (χ1v) is 7.07. The molecule has 3 atom stereocenters. The Kier molecular flexibility index (Phi) is 4.42. The second kappa shape index (κ2) is 5.76. The van der Waals surface area contributed by atoms with Crippen molar-refractivity contribution in [3.05, 3.63) is 17.0 Å². The maximum Gasteiger partial charge on any atom is 0.433 e. The minimum atomic E-state index is -4.52. The Morgan fingerprint density at radius 1 is 1.35 bits per heavy atom. The summed E-state index contributed by atoms with van der Waals surface area (Å²) >= 11 is 5.57. The Morgan fingerprint density at radius 2 is 2.05 bits per heavy atom. The molecule has 1 aromatic rings. The third-order valence-electron chi connectivity index (χ3n) is 4.07. The zero-order valence-corrected chi connectivity index (χ0v) is 12.1. The second-order valence-electron chi connectivity index (χ2n) is 5.26. The molecule has 0 saturated heterocycles. The van der Waals surface area contributed by atoms with Crippen LogP contribution in [-0.2, 0) is 6.18 Å². The lowest BCUT2D eigenvalue weighted by Crippen LogP contribution is -2.25. The number of alkyl halides is 3. The highest BCUT2D eigenvalue weighted by Crippen LogP contribution is 2.36. The van der Waals surface area contributed by atoms with Gasteiger partial charge in [0.15, 0.2) is 5.69 Å². The fourth-order valence-corrected chi connectivity index (χ4v) is 3.04. The first-order valence-electron chi connectivity index (χ1n) is 6.69. The van der Waals surface area contributed by atoms with Gasteiger partial charge in [0.25, 0.3) is 0 Å². The molecule has 0 amide bonds. The normalized spacial score (nSPS) is 26.8. The van der Waals surface area contributed by atoms with Crippen LogP contribution in [0.15, 0.2) is 6.07 Å². The number of aromatic nitrogens is 2. The Hall–Kier alpha value is -1.04. The molecule has 1 N–H and O–H groups in total. The van der Waals surface area contributed by atoms with Gasteiger partial charge in [-0.05, 0) is 36.3 Å². The molecule has 3 unspecified atom stereocenters. The largest absolute Gasteiger partial charge is 0.433 e. The van der Waals surface area contributed by atoms with Crippen LogP contribution < -0.4 is 5.32 Å². The maximum atomic E-state index is 12.7. The number of hydrogen-bond acceptors (Lipinski definition) is 3. The van der Waals surface area contributed by atoms with Gasteiger partial charge in [0.05, 0.1) is 0 Å². The van der Waals surface area contributed by atoms with Gasteiger partial charge in [-0.15, -0.1) is 0 Å². The van der Waals surface area contributed by atoms with Gasteiger partial charge in [0, 0.05) is 12.1 Å². The van der Waals surface area contributed by atoms with Gasteiger partial charge in [0.1, 0.15) is 5.82 Å². The molecule has 1 aromatic heterocycles. The summed E-state index contributed by atoms with van der Waals surface area (Å²) in [5, 5.41) is 2.68. The molecule has 1 aliphatic carbocycles. The Bertz CT molecular complexity index is 478. The fourth-order valence-electron chi connectivity index (χ4n) is 2.85. The van der Waals surface area contributed by atoms with E-state index in [1.165, 1.54) is 0 Å². The van der Waals surface area contributed by atoms with Crippen molar-refractivity contribution in [1.29, 1.82) is 0 Å². The highest BCUT2D eigenvalue weighted by Gasteiger charge is 2.35. The molecule has 0 aliphatic heterocycles. The molecule has 0 radical (unpaired) electrons. The number of rotatable bonds is 3. The molecular weight excluding hydrogens is 291 g/mol. The van der Waals surface area contributed by atoms with E-state index in [1.54, 1.807) is 0 Å². The lowest BCUT2D eigenvalue weighted by molar-refractivity contribution is -0.141. The highest BCUT2D eigenvalue weighted by atomic mass is 35.5. The zero-order valence-electron chi connectivity index (χ0n) is 11.3. The van der Waals surface area contributed by atoms with E-state index in [0.717, 1.165) is 25.3 Å². The molecule has 0 spiro atoms. The predicted octanol–water partition coefficient (Wildman–Crippen LogP) is 4.39. The number of halogens is 4. The molecular formula is C13H17ClF3N3. The van der Waals surface area contributed by atoms with Crippen LogP contribution in [0.3, 0.4) is 0 Å². The van der Waals surface area contributed by atoms with Gasteiger partial charge in [-0.1, -0.05) is 20.3 Å². The van der Waals surface area contributed by atoms with Crippen molar-refractivity contribution in [3.8, 4) is 0 Å². The molecule has 1 heterocycles. The summed E-state index contributed by atoms with van der Waals surface area (Å²) in [4.78, 5) is 7.06. The molecule has 3 nitrogen and oxygen atoms in total. The molecule has 1 saturated carbocycles. The van der Waals surface area contributed by atoms with E-state index < -0.39 is 11.9 Å². The number of nitrogens with zero attached hydrogens (tertiary/aromatic N) is 2. The van der Waals surface area contributed by atoms with E-state index in [9.17, 15) is 13.2 Å². The summed E-state index contributed by atoms with van der Waals surface area (Å²) in [5.74, 6) is 1.15. The van der Waals surface area contributed by atoms with E-state index in [2.05, 4.69) is 29.1 Å². The zero-order chi connectivity index (χ0) is 14.9. The van der Waals surface area contributed by atoms with Crippen molar-refractivity contribution in [2.75, 3.05) is 5.32 Å². The van der Waals surface area contributed by atoms with E-state index in [4.69, 9.17) is 11.6 Å². The van der Waals surface area contributed by atoms with E-state index in [1.807, 2.05) is 0 Å². The standard InChI is InChI=1S/C13H17ClF3N3/c1-3-8-4-5-9(7(8)2)18-11-6-10(13(15,16)17)19-12(14)20-11/h6-9H,3-5H2,1-2H3,(H,18,19,20). The monoisotopic (exact) mass is 307 g/mol. The summed E-state index contributed by atoms with van der Waals surface area (Å²) in [6, 6.07) is 1.05. The second-order valence-corrected chi connectivity index (χ2v) is 5.60. The van der Waals surface area contributed by atoms with Crippen LogP contribution in [0.2, 0.25) is 5.28 Å². The molecule has 0 bridgehead atoms. The average molecular weight is 308 g/mol. The lowest BCUT2D eigenvalue weighted by Gasteiger charge is -2.21. The third-order valence-corrected chi connectivity index (χ3v) is 4.24. The average Bonchev–Trinajstić information content (AvgIpc) is 2.69. The molecule has 1 fully saturated rings. The van der Waals surface area contributed by atoms with E-state index >= 15 is 0 Å². The number of nitrogens with one attached hydrogen (secondary N) is 1. The van der Waals surface area contributed by atoms with Gasteiger partial charge in [-0.25, -0.2) is 9.97 Å². The van der Waals surface area contributed by atoms with Gasteiger partial charge in [-0.2, -0.15) is 13.2 Å². The highest BCUT2D eigenvalue weighted by molar-refractivity contribution is 6.28. The van der Waals surface area contributed by atoms with Gasteiger partial charge >= 0.3 is 6.18 Å². The Morgan fingerprint density at radius 3 is 2.60 bits per heavy atom. The summed E-state index contributed by atoms with van der Waals surface area (Å²) in [7, 11) is 0. The van der Waals surface area contributed by atoms with Crippen molar-refractivity contribution in [2.24, 2.45) is 11.8 Å². The Labute approximate surface area is 120 Å². The quantitative estimate of drug-likeness (QED) is 0.842. The molecule has 7 heteroatoms. The van der Waals surface area contributed by atoms with Crippen molar-refractivity contribution < 1.29 is 13.2 Å². The van der Waals surface area contributed by atoms with Crippen LogP contribution in [0.1, 0.15) is 38.8 Å². The molecule has 20 heavy (non-hydrogen) atoms. The lowest BCUT2D eigenvalue weighted by atomic mass is 9.93. The molecule has 112 valence electrons.